The zero-order valence-electron chi connectivity index (χ0n) is 9.22. The molecule has 0 atom stereocenters. The maximum atomic E-state index is 12.9. The Labute approximate surface area is 108 Å². The Morgan fingerprint density at radius 3 is 2.05 bits per heavy atom. The van der Waals surface area contributed by atoms with E-state index in [1.54, 1.807) is 0 Å². The minimum Gasteiger partial charge on any atom is -0.257 e. The molecule has 0 spiro atoms. The minimum absolute atomic E-state index is 0.138. The van der Waals surface area contributed by atoms with Crippen LogP contribution in [-0.4, -0.2) is 21.2 Å². The van der Waals surface area contributed by atoms with Gasteiger partial charge in [0.25, 0.3) is 10.1 Å². The van der Waals surface area contributed by atoms with Gasteiger partial charge in [-0.15, -0.1) is 0 Å². The van der Waals surface area contributed by atoms with Crippen molar-refractivity contribution in [2.24, 2.45) is 0 Å². The highest BCUT2D eigenvalue weighted by atomic mass is 32.2. The molecule has 1 aromatic rings. The van der Waals surface area contributed by atoms with Crippen molar-refractivity contribution < 1.29 is 43.3 Å². The Bertz CT molecular complexity index is 589. The van der Waals surface area contributed by atoms with Gasteiger partial charge >= 0.3 is 12.4 Å². The molecule has 0 radical (unpaired) electrons. The Morgan fingerprint density at radius 1 is 1.05 bits per heavy atom. The van der Waals surface area contributed by atoms with Crippen molar-refractivity contribution in [1.29, 1.82) is 0 Å². The molecule has 0 saturated heterocycles. The van der Waals surface area contributed by atoms with E-state index in [0.717, 1.165) is 0 Å². The molecule has 0 aliphatic carbocycles. The largest absolute Gasteiger partial charge is 0.419 e. The third kappa shape index (κ3) is 4.34. The predicted molar refractivity (Wildman–Crippen MR) is 50.6 cm³/mol. The van der Waals surface area contributed by atoms with Crippen LogP contribution in [0.15, 0.2) is 23.1 Å². The molecule has 20 heavy (non-hydrogen) atoms. The van der Waals surface area contributed by atoms with Crippen LogP contribution in [0.25, 0.3) is 0 Å². The summed E-state index contributed by atoms with van der Waals surface area (Å²) in [7, 11) is -5.08. The molecule has 0 fully saturated rings. The number of hydrogen-bond acceptors (Lipinski definition) is 3. The summed E-state index contributed by atoms with van der Waals surface area (Å²) in [5.74, 6) is -1.76. The van der Waals surface area contributed by atoms with Crippen molar-refractivity contribution in [1.82, 2.24) is 0 Å². The smallest absolute Gasteiger partial charge is 0.257 e. The first-order valence-corrected chi connectivity index (χ1v) is 6.07. The molecule has 114 valence electrons. The van der Waals surface area contributed by atoms with Gasteiger partial charge in [-0.3, -0.25) is 4.18 Å². The van der Waals surface area contributed by atoms with E-state index in [-0.39, 0.29) is 12.1 Å². The van der Waals surface area contributed by atoms with E-state index in [1.807, 2.05) is 0 Å². The summed E-state index contributed by atoms with van der Waals surface area (Å²) in [6.45, 7) is -2.20. The van der Waals surface area contributed by atoms with Crippen LogP contribution >= 0.6 is 0 Å². The van der Waals surface area contributed by atoms with Gasteiger partial charge in [0.05, 0.1) is 10.5 Å². The molecular formula is C9H5F7O3S. The van der Waals surface area contributed by atoms with Gasteiger partial charge in [-0.05, 0) is 18.2 Å². The van der Waals surface area contributed by atoms with E-state index in [4.69, 9.17) is 0 Å². The molecule has 0 aromatic heterocycles. The van der Waals surface area contributed by atoms with Crippen molar-refractivity contribution >= 4 is 10.1 Å². The summed E-state index contributed by atoms with van der Waals surface area (Å²) < 4.78 is 111. The van der Waals surface area contributed by atoms with Crippen molar-refractivity contribution in [2.45, 2.75) is 17.2 Å². The lowest BCUT2D eigenvalue weighted by atomic mass is 10.2. The summed E-state index contributed by atoms with van der Waals surface area (Å²) in [5.41, 5.74) is -1.92. The van der Waals surface area contributed by atoms with Gasteiger partial charge in [0.1, 0.15) is 5.82 Å². The third-order valence-corrected chi connectivity index (χ3v) is 3.17. The van der Waals surface area contributed by atoms with Gasteiger partial charge in [0.2, 0.25) is 0 Å². The average Bonchev–Trinajstić information content (AvgIpc) is 2.24. The fraction of sp³-hybridized carbons (Fsp3) is 0.333. The predicted octanol–water partition coefficient (Wildman–Crippen LogP) is 3.11. The quantitative estimate of drug-likeness (QED) is 0.633. The van der Waals surface area contributed by atoms with Gasteiger partial charge in [-0.2, -0.15) is 34.8 Å². The summed E-state index contributed by atoms with van der Waals surface area (Å²) in [4.78, 5) is -1.23. The molecule has 0 N–H and O–H groups in total. The molecule has 1 rings (SSSR count). The first-order chi connectivity index (χ1) is 8.83. The molecule has 0 unspecified atom stereocenters. The highest BCUT2D eigenvalue weighted by Gasteiger charge is 2.36. The molecule has 1 aromatic carbocycles. The first-order valence-electron chi connectivity index (χ1n) is 4.66. The third-order valence-electron chi connectivity index (χ3n) is 1.91. The standard InChI is InChI=1S/C9H5F7O3S/c10-7-2-1-5(3-6(7)9(14,15)16)20(17,18)19-4-8(11,12)13/h1-3H,4H2. The highest BCUT2D eigenvalue weighted by Crippen LogP contribution is 2.33. The van der Waals surface area contributed by atoms with Crippen LogP contribution in [0.3, 0.4) is 0 Å². The van der Waals surface area contributed by atoms with Gasteiger partial charge in [-0.25, -0.2) is 4.39 Å². The van der Waals surface area contributed by atoms with Gasteiger partial charge in [-0.1, -0.05) is 0 Å². The van der Waals surface area contributed by atoms with E-state index in [1.165, 1.54) is 0 Å². The van der Waals surface area contributed by atoms with Crippen molar-refractivity contribution in [2.75, 3.05) is 6.61 Å². The molecule has 0 saturated carbocycles. The number of hydrogen-bond donors (Lipinski definition) is 0. The highest BCUT2D eigenvalue weighted by molar-refractivity contribution is 7.86. The summed E-state index contributed by atoms with van der Waals surface area (Å²) in [6.07, 6.45) is -10.2. The Balaban J connectivity index is 3.15. The number of benzene rings is 1. The van der Waals surface area contributed by atoms with Crippen molar-refractivity contribution in [3.8, 4) is 0 Å². The Morgan fingerprint density at radius 2 is 1.60 bits per heavy atom. The van der Waals surface area contributed by atoms with E-state index >= 15 is 0 Å². The zero-order valence-corrected chi connectivity index (χ0v) is 10.0. The fourth-order valence-corrected chi connectivity index (χ4v) is 2.01. The fourth-order valence-electron chi connectivity index (χ4n) is 1.09. The Hall–Kier alpha value is -1.36. The monoisotopic (exact) mass is 326 g/mol. The van der Waals surface area contributed by atoms with Crippen LogP contribution in [0, 0.1) is 5.82 Å². The summed E-state index contributed by atoms with van der Waals surface area (Å²) in [5, 5.41) is 0. The van der Waals surface area contributed by atoms with Crippen LogP contribution in [-0.2, 0) is 20.5 Å². The van der Waals surface area contributed by atoms with E-state index in [2.05, 4.69) is 4.18 Å². The second kappa shape index (κ2) is 5.20. The van der Waals surface area contributed by atoms with Crippen LogP contribution in [0.5, 0.6) is 0 Å². The van der Waals surface area contributed by atoms with Crippen LogP contribution in [0.1, 0.15) is 5.56 Å². The van der Waals surface area contributed by atoms with Crippen LogP contribution < -0.4 is 0 Å². The van der Waals surface area contributed by atoms with E-state index in [0.29, 0.717) is 6.07 Å². The second-order valence-electron chi connectivity index (χ2n) is 3.47. The van der Waals surface area contributed by atoms with Crippen molar-refractivity contribution in [3.63, 3.8) is 0 Å². The number of rotatable bonds is 3. The zero-order chi connectivity index (χ0) is 15.8. The first kappa shape index (κ1) is 16.7. The lowest BCUT2D eigenvalue weighted by molar-refractivity contribution is -0.152. The Kier molecular flexibility index (Phi) is 4.34. The molecule has 11 heteroatoms. The number of halogens is 7. The van der Waals surface area contributed by atoms with E-state index in [9.17, 15) is 39.2 Å². The SMILES string of the molecule is O=S(=O)(OCC(F)(F)F)c1ccc(F)c(C(F)(F)F)c1. The maximum absolute atomic E-state index is 12.9. The molecule has 0 aliphatic heterocycles. The lowest BCUT2D eigenvalue weighted by Crippen LogP contribution is -2.21. The average molecular weight is 326 g/mol. The minimum atomic E-state index is -5.19. The summed E-state index contributed by atoms with van der Waals surface area (Å²) in [6, 6.07) is 0.407. The van der Waals surface area contributed by atoms with Crippen molar-refractivity contribution in [3.05, 3.63) is 29.6 Å². The molecular weight excluding hydrogens is 321 g/mol. The molecule has 3 nitrogen and oxygen atoms in total. The van der Waals surface area contributed by atoms with Gasteiger partial charge < -0.3 is 0 Å². The molecule has 0 amide bonds. The molecule has 0 aliphatic rings. The molecule has 0 heterocycles. The normalized spacial score (nSPS) is 13.6. The maximum Gasteiger partial charge on any atom is 0.419 e. The number of alkyl halides is 6. The van der Waals surface area contributed by atoms with Gasteiger partial charge in [0.15, 0.2) is 6.61 Å². The molecule has 0 bridgehead atoms. The van der Waals surface area contributed by atoms with Crippen LogP contribution in [0.4, 0.5) is 30.7 Å². The van der Waals surface area contributed by atoms with Gasteiger partial charge in [0, 0.05) is 0 Å². The lowest BCUT2D eigenvalue weighted by Gasteiger charge is -2.11. The second-order valence-corrected chi connectivity index (χ2v) is 5.09. The van der Waals surface area contributed by atoms with E-state index < -0.39 is 45.4 Å². The topological polar surface area (TPSA) is 43.4 Å². The summed E-state index contributed by atoms with van der Waals surface area (Å²) >= 11 is 0. The van der Waals surface area contributed by atoms with Crippen LogP contribution in [0.2, 0.25) is 0 Å².